The number of aryl methyl sites for hydroxylation is 1. The fraction of sp³-hybridized carbons (Fsp3) is 0.0789. The van der Waals surface area contributed by atoms with Crippen LogP contribution in [0.5, 0.6) is 0 Å². The number of rotatable bonds is 5. The van der Waals surface area contributed by atoms with E-state index in [2.05, 4.69) is 30.3 Å². The van der Waals surface area contributed by atoms with Crippen molar-refractivity contribution in [2.45, 2.75) is 20.0 Å². The van der Waals surface area contributed by atoms with E-state index < -0.39 is 18.1 Å². The van der Waals surface area contributed by atoms with E-state index in [0.717, 1.165) is 0 Å². The fourth-order valence-electron chi connectivity index (χ4n) is 5.49. The largest absolute Gasteiger partial charge is 0.527 e. The Kier molecular flexibility index (Phi) is 9.70. The summed E-state index contributed by atoms with van der Waals surface area (Å²) in [5.41, 5.74) is 1.69. The molecule has 9 nitrogen and oxygen atoms in total. The van der Waals surface area contributed by atoms with Crippen molar-refractivity contribution in [1.29, 1.82) is 21.0 Å². The molecule has 0 bridgehead atoms. The second kappa shape index (κ2) is 14.2. The van der Waals surface area contributed by atoms with E-state index in [1.54, 1.807) is 25.1 Å². The van der Waals surface area contributed by atoms with Crippen molar-refractivity contribution >= 4 is 28.5 Å². The Morgan fingerprint density at radius 2 is 1.25 bits per heavy atom. The summed E-state index contributed by atoms with van der Waals surface area (Å²) < 4.78 is 15.6. The molecule has 0 atom stereocenters. The van der Waals surface area contributed by atoms with Gasteiger partial charge in [-0.25, -0.2) is 9.24 Å². The van der Waals surface area contributed by atoms with Crippen LogP contribution in [0.25, 0.3) is 57.9 Å². The van der Waals surface area contributed by atoms with Crippen LogP contribution < -0.4 is 10.4 Å². The molecule has 0 saturated carbocycles. The van der Waals surface area contributed by atoms with Gasteiger partial charge in [0.1, 0.15) is 37.5 Å². The summed E-state index contributed by atoms with van der Waals surface area (Å²) in [7, 11) is 0. The number of hydrogen-bond donors (Lipinski definition) is 0. The summed E-state index contributed by atoms with van der Waals surface area (Å²) in [6.07, 6.45) is -0.113. The van der Waals surface area contributed by atoms with E-state index in [9.17, 15) is 21.0 Å². The molecule has 0 amide bonds. The van der Waals surface area contributed by atoms with Crippen molar-refractivity contribution in [2.24, 2.45) is 0 Å². The third-order valence-electron chi connectivity index (χ3n) is 7.57. The number of alkyl halides is 1. The van der Waals surface area contributed by atoms with E-state index in [1.807, 2.05) is 18.2 Å². The lowest BCUT2D eigenvalue weighted by molar-refractivity contribution is 0.484. The number of hydrogen-bond acceptors (Lipinski definition) is 4. The quantitative estimate of drug-likeness (QED) is 0.212. The molecule has 0 N–H and O–H groups in total. The number of benzene rings is 4. The fourth-order valence-corrected chi connectivity index (χ4v) is 5.49. The van der Waals surface area contributed by atoms with Crippen molar-refractivity contribution in [1.82, 2.24) is 0 Å². The third-order valence-corrected chi connectivity index (χ3v) is 7.57. The lowest BCUT2D eigenvalue weighted by atomic mass is 9.82. The van der Waals surface area contributed by atoms with Crippen LogP contribution in [0, 0.1) is 85.1 Å². The molecule has 0 saturated heterocycles. The summed E-state index contributed by atoms with van der Waals surface area (Å²) in [5.74, 6) is -0.472. The van der Waals surface area contributed by atoms with Gasteiger partial charge in [-0.3, -0.25) is 9.69 Å². The lowest BCUT2D eigenvalue weighted by Crippen LogP contribution is -2.29. The molecule has 0 unspecified atom stereocenters. The Morgan fingerprint density at radius 1 is 0.667 bits per heavy atom. The smallest absolute Gasteiger partial charge is 0.250 e. The van der Waals surface area contributed by atoms with Crippen molar-refractivity contribution in [3.05, 3.63) is 156 Å². The van der Waals surface area contributed by atoms with Crippen LogP contribution >= 0.6 is 0 Å². The van der Waals surface area contributed by atoms with Gasteiger partial charge in [0.15, 0.2) is 11.4 Å². The van der Waals surface area contributed by atoms with Gasteiger partial charge >= 0.3 is 5.82 Å². The molecule has 0 aliphatic rings. The van der Waals surface area contributed by atoms with Crippen LogP contribution in [0.15, 0.2) is 54.6 Å². The van der Waals surface area contributed by atoms with E-state index in [-0.39, 0.29) is 67.3 Å². The number of nitriles is 4. The van der Waals surface area contributed by atoms with Crippen molar-refractivity contribution in [3.8, 4) is 46.5 Å². The molecule has 10 heteroatoms. The summed E-state index contributed by atoms with van der Waals surface area (Å²) in [6.45, 7) is 38.8. The van der Waals surface area contributed by atoms with Gasteiger partial charge in [0.25, 0.3) is 0 Å². The molecule has 4 aromatic carbocycles. The highest BCUT2D eigenvalue weighted by Gasteiger charge is 2.27. The first-order chi connectivity index (χ1) is 23.3. The summed E-state index contributed by atoms with van der Waals surface area (Å²) in [5, 5.41) is 39.6. The highest BCUT2D eigenvalue weighted by Crippen LogP contribution is 2.36. The highest BCUT2D eigenvalue weighted by atomic mass is 19.1. The minimum absolute atomic E-state index is 0.0127. The molecule has 48 heavy (non-hydrogen) atoms. The topological polar surface area (TPSA) is 117 Å². The monoisotopic (exact) mass is 617 g/mol. The Morgan fingerprint density at radius 3 is 1.79 bits per heavy atom. The lowest BCUT2D eigenvalue weighted by Gasteiger charge is -2.20. The van der Waals surface area contributed by atoms with Crippen LogP contribution in [0.4, 0.5) is 21.5 Å². The van der Waals surface area contributed by atoms with Gasteiger partial charge in [0.2, 0.25) is 5.69 Å². The average molecular weight is 618 g/mol. The maximum atomic E-state index is 15.6. The molecule has 0 aliphatic heterocycles. The summed E-state index contributed by atoms with van der Waals surface area (Å²) in [4.78, 5) is 17.1. The van der Waals surface area contributed by atoms with Gasteiger partial charge in [-0.15, -0.1) is 0 Å². The molecule has 4 aromatic rings. The van der Waals surface area contributed by atoms with Crippen molar-refractivity contribution < 1.29 is 4.39 Å². The second-order valence-electron chi connectivity index (χ2n) is 10.1. The van der Waals surface area contributed by atoms with Crippen LogP contribution in [0.2, 0.25) is 0 Å². The van der Waals surface area contributed by atoms with Crippen LogP contribution in [0.3, 0.4) is 0 Å². The molecule has 0 radical (unpaired) electrons. The molecule has 0 aliphatic carbocycles. The summed E-state index contributed by atoms with van der Waals surface area (Å²) in [6, 6.07) is 21.1. The van der Waals surface area contributed by atoms with E-state index >= 15 is 4.39 Å². The molecule has 4 rings (SSSR count). The van der Waals surface area contributed by atoms with Gasteiger partial charge in [-0.05, 0) is 58.4 Å². The Labute approximate surface area is 275 Å². The second-order valence-corrected chi connectivity index (χ2v) is 10.1. The van der Waals surface area contributed by atoms with Crippen LogP contribution in [-0.4, -0.2) is 0 Å². The highest BCUT2D eigenvalue weighted by molar-refractivity contribution is 5.89. The zero-order valence-electron chi connectivity index (χ0n) is 25.0. The summed E-state index contributed by atoms with van der Waals surface area (Å²) >= 11 is 0. The van der Waals surface area contributed by atoms with Crippen molar-refractivity contribution in [2.75, 3.05) is 0 Å². The van der Waals surface area contributed by atoms with Gasteiger partial charge in [0, 0.05) is 10.8 Å². The normalized spacial score (nSPS) is 9.44. The Bertz CT molecular complexity index is 2560. The SMILES string of the molecule is [C-]#[N+]C([N+]#[C-])=c1c(Cc2ccc([N+]#[C-])c(C#N)c2)c(-c2ccc(C#N)c(C)c2)c(=C(C#N)C#N)c(CF)c1-c1ccc([N+]#[C-])c([N+]#[C-])c1. The maximum Gasteiger partial charge on any atom is 0.527 e. The molecule has 0 fully saturated rings. The first kappa shape index (κ1) is 32.9. The number of halogens is 1. The molecular weight excluding hydrogens is 601 g/mol. The van der Waals surface area contributed by atoms with Crippen LogP contribution in [-0.2, 0) is 13.1 Å². The predicted molar refractivity (Wildman–Crippen MR) is 175 cm³/mol. The molecule has 0 aromatic heterocycles. The van der Waals surface area contributed by atoms with E-state index in [4.69, 9.17) is 32.9 Å². The molecule has 220 valence electrons. The minimum Gasteiger partial charge on any atom is -0.250 e. The first-order valence-electron chi connectivity index (χ1n) is 13.7. The Hall–Kier alpha value is -8.04. The van der Waals surface area contributed by atoms with Crippen molar-refractivity contribution in [3.63, 3.8) is 0 Å². The van der Waals surface area contributed by atoms with Gasteiger partial charge in [-0.1, -0.05) is 48.5 Å². The van der Waals surface area contributed by atoms with Gasteiger partial charge in [0.05, 0.1) is 48.2 Å². The molecule has 0 heterocycles. The Balaban J connectivity index is 2.47. The van der Waals surface area contributed by atoms with E-state index in [0.29, 0.717) is 22.3 Å². The zero-order chi connectivity index (χ0) is 35.0. The minimum atomic E-state index is -1.26. The standard InChI is InChI=1S/C38H16FN9/c1-22-13-24(8-9-26(22)18-40)34-29(15-23-7-11-31(44-2)27(14-23)19-41)37(38(47-5)48-6)35(30(17-39)36(34)28(20-42)21-43)25-10-12-32(45-3)33(16-25)46-4/h7-14,16H,15,17H2,1H3. The first-order valence-corrected chi connectivity index (χ1v) is 13.7. The van der Waals surface area contributed by atoms with Crippen LogP contribution in [0.1, 0.15) is 33.4 Å². The number of nitrogens with zero attached hydrogens (tertiary/aromatic N) is 9. The van der Waals surface area contributed by atoms with Gasteiger partial charge < -0.3 is 0 Å². The average Bonchev–Trinajstić information content (AvgIpc) is 3.12. The van der Waals surface area contributed by atoms with Gasteiger partial charge in [-0.2, -0.15) is 30.7 Å². The zero-order valence-corrected chi connectivity index (χ0v) is 25.0. The van der Waals surface area contributed by atoms with E-state index in [1.165, 1.54) is 36.4 Å². The molecule has 0 spiro atoms. The maximum absolute atomic E-state index is 15.6. The predicted octanol–water partition coefficient (Wildman–Crippen LogP) is 7.89. The molecular formula is C38H16FN9. The third kappa shape index (κ3) is 5.75.